The number of para-hydroxylation sites is 2. The first kappa shape index (κ1) is 18.3. The number of nitrogens with two attached hydrogens (primary N) is 2. The van der Waals surface area contributed by atoms with Crippen molar-refractivity contribution in [2.45, 2.75) is 24.7 Å². The fraction of sp³-hybridized carbons (Fsp3) is 0.444. The number of benzene rings is 1. The lowest BCUT2D eigenvalue weighted by Crippen LogP contribution is -2.49. The highest BCUT2D eigenvalue weighted by Gasteiger charge is 2.33. The van der Waals surface area contributed by atoms with Gasteiger partial charge in [-0.3, -0.25) is 0 Å². The Bertz CT molecular complexity index is 613. The van der Waals surface area contributed by atoms with Crippen molar-refractivity contribution in [3.8, 4) is 0 Å². The van der Waals surface area contributed by atoms with Crippen LogP contribution in [0.15, 0.2) is 48.2 Å². The molecule has 0 radical (unpaired) electrons. The molecule has 6 heteroatoms. The summed E-state index contributed by atoms with van der Waals surface area (Å²) in [6.45, 7) is 0.605. The number of aliphatic hydroxyl groups is 2. The molecule has 0 fully saturated rings. The first-order valence-electron chi connectivity index (χ1n) is 8.13. The van der Waals surface area contributed by atoms with Crippen LogP contribution in [0.2, 0.25) is 0 Å². The smallest absolute Gasteiger partial charge is 0.151 e. The van der Waals surface area contributed by atoms with Gasteiger partial charge in [-0.25, -0.2) is 0 Å². The van der Waals surface area contributed by atoms with E-state index in [2.05, 4.69) is 5.32 Å². The number of nitrogens with zero attached hydrogens (tertiary/aromatic N) is 1. The fourth-order valence-corrected chi connectivity index (χ4v) is 2.95. The van der Waals surface area contributed by atoms with E-state index >= 15 is 0 Å². The zero-order chi connectivity index (χ0) is 17.7. The van der Waals surface area contributed by atoms with Crippen molar-refractivity contribution in [1.82, 2.24) is 0 Å². The quantitative estimate of drug-likeness (QED) is 0.477. The van der Waals surface area contributed by atoms with Crippen molar-refractivity contribution in [3.05, 3.63) is 48.2 Å². The van der Waals surface area contributed by atoms with Gasteiger partial charge in [-0.1, -0.05) is 24.3 Å². The van der Waals surface area contributed by atoms with Crippen molar-refractivity contribution >= 4 is 11.4 Å². The summed E-state index contributed by atoms with van der Waals surface area (Å²) in [6, 6.07) is 8.05. The van der Waals surface area contributed by atoms with Gasteiger partial charge in [0.1, 0.15) is 0 Å². The van der Waals surface area contributed by atoms with E-state index in [-0.39, 0.29) is 12.3 Å². The van der Waals surface area contributed by atoms with Gasteiger partial charge in [0.2, 0.25) is 0 Å². The molecular formula is C18H28N4O2. The third-order valence-corrected chi connectivity index (χ3v) is 4.40. The summed E-state index contributed by atoms with van der Waals surface area (Å²) in [5.74, 6) is -0.0449. The molecule has 0 spiro atoms. The summed E-state index contributed by atoms with van der Waals surface area (Å²) in [7, 11) is 4.00. The standard InChI is InChI=1S/C18H28N4O2/c1-22(2)16-6-4-3-5-15(16)21-12-13-11-14(19)7-9-18(13,20)10-8-17(23)24/h3-7,9,11,13,17,21,23-24H,8,10,12,19-20H2,1-2H3. The molecule has 0 saturated heterocycles. The molecule has 1 aromatic rings. The molecule has 0 aliphatic heterocycles. The normalized spacial score (nSPS) is 23.2. The summed E-state index contributed by atoms with van der Waals surface area (Å²) >= 11 is 0. The maximum absolute atomic E-state index is 9.16. The molecule has 1 aromatic carbocycles. The first-order valence-corrected chi connectivity index (χ1v) is 8.13. The van der Waals surface area contributed by atoms with Crippen LogP contribution in [0.3, 0.4) is 0 Å². The number of hydrogen-bond acceptors (Lipinski definition) is 6. The number of aliphatic hydroxyl groups excluding tert-OH is 1. The van der Waals surface area contributed by atoms with Gasteiger partial charge >= 0.3 is 0 Å². The van der Waals surface area contributed by atoms with Gasteiger partial charge in [-0.15, -0.1) is 0 Å². The average Bonchev–Trinajstić information content (AvgIpc) is 2.54. The molecule has 7 N–H and O–H groups in total. The topological polar surface area (TPSA) is 108 Å². The molecule has 2 atom stereocenters. The van der Waals surface area contributed by atoms with Crippen LogP contribution in [-0.2, 0) is 0 Å². The highest BCUT2D eigenvalue weighted by atomic mass is 16.5. The predicted octanol–water partition coefficient (Wildman–Crippen LogP) is 0.981. The second kappa shape index (κ2) is 7.70. The zero-order valence-electron chi connectivity index (χ0n) is 14.3. The summed E-state index contributed by atoms with van der Waals surface area (Å²) in [4.78, 5) is 2.05. The van der Waals surface area contributed by atoms with E-state index in [9.17, 15) is 0 Å². The van der Waals surface area contributed by atoms with Gasteiger partial charge in [0.05, 0.1) is 11.4 Å². The Morgan fingerprint density at radius 1 is 1.29 bits per heavy atom. The third-order valence-electron chi connectivity index (χ3n) is 4.40. The van der Waals surface area contributed by atoms with Crippen LogP contribution >= 0.6 is 0 Å². The van der Waals surface area contributed by atoms with Crippen molar-refractivity contribution in [3.63, 3.8) is 0 Å². The van der Waals surface area contributed by atoms with Crippen molar-refractivity contribution in [2.75, 3.05) is 30.9 Å². The molecule has 6 nitrogen and oxygen atoms in total. The van der Waals surface area contributed by atoms with Crippen LogP contribution in [0.5, 0.6) is 0 Å². The van der Waals surface area contributed by atoms with Crippen LogP contribution in [0, 0.1) is 5.92 Å². The minimum absolute atomic E-state index is 0.0449. The summed E-state index contributed by atoms with van der Waals surface area (Å²) in [5, 5.41) is 21.8. The second-order valence-corrected chi connectivity index (χ2v) is 6.53. The van der Waals surface area contributed by atoms with Crippen molar-refractivity contribution in [1.29, 1.82) is 0 Å². The van der Waals surface area contributed by atoms with Gasteiger partial charge in [0.25, 0.3) is 0 Å². The van der Waals surface area contributed by atoms with E-state index in [0.29, 0.717) is 18.7 Å². The lowest BCUT2D eigenvalue weighted by Gasteiger charge is -2.36. The van der Waals surface area contributed by atoms with Gasteiger partial charge < -0.3 is 31.9 Å². The lowest BCUT2D eigenvalue weighted by molar-refractivity contribution is -0.0495. The number of nitrogens with one attached hydrogen (secondary N) is 1. The first-order chi connectivity index (χ1) is 11.3. The predicted molar refractivity (Wildman–Crippen MR) is 98.5 cm³/mol. The molecule has 132 valence electrons. The average molecular weight is 332 g/mol. The maximum Gasteiger partial charge on any atom is 0.151 e. The Kier molecular flexibility index (Phi) is 5.88. The Morgan fingerprint density at radius 3 is 2.67 bits per heavy atom. The highest BCUT2D eigenvalue weighted by Crippen LogP contribution is 2.30. The van der Waals surface area contributed by atoms with Gasteiger partial charge in [0, 0.05) is 37.8 Å². The summed E-state index contributed by atoms with van der Waals surface area (Å²) < 4.78 is 0. The Balaban J connectivity index is 2.12. The molecule has 0 aromatic heterocycles. The Hall–Kier alpha value is -2.02. The zero-order valence-corrected chi connectivity index (χ0v) is 14.3. The number of anilines is 2. The van der Waals surface area contributed by atoms with E-state index in [0.717, 1.165) is 11.4 Å². The minimum Gasteiger partial charge on any atom is -0.399 e. The largest absolute Gasteiger partial charge is 0.399 e. The van der Waals surface area contributed by atoms with Gasteiger partial charge in [0.15, 0.2) is 6.29 Å². The summed E-state index contributed by atoms with van der Waals surface area (Å²) in [6.07, 6.45) is 4.93. The van der Waals surface area contributed by atoms with Crippen LogP contribution < -0.4 is 21.7 Å². The number of allylic oxidation sites excluding steroid dienone is 1. The number of rotatable bonds is 7. The molecule has 0 heterocycles. The molecule has 1 aliphatic carbocycles. The fourth-order valence-electron chi connectivity index (χ4n) is 2.95. The Labute approximate surface area is 143 Å². The molecule has 2 unspecified atom stereocenters. The molecule has 2 rings (SSSR count). The van der Waals surface area contributed by atoms with Crippen molar-refractivity contribution in [2.24, 2.45) is 17.4 Å². The highest BCUT2D eigenvalue weighted by molar-refractivity contribution is 5.69. The van der Waals surface area contributed by atoms with Crippen LogP contribution in [-0.4, -0.2) is 42.7 Å². The van der Waals surface area contributed by atoms with Crippen LogP contribution in [0.1, 0.15) is 12.8 Å². The van der Waals surface area contributed by atoms with Gasteiger partial charge in [-0.05, 0) is 31.1 Å². The van der Waals surface area contributed by atoms with Crippen molar-refractivity contribution < 1.29 is 10.2 Å². The van der Waals surface area contributed by atoms with Crippen LogP contribution in [0.25, 0.3) is 0 Å². The van der Waals surface area contributed by atoms with E-state index in [1.807, 2.05) is 55.4 Å². The van der Waals surface area contributed by atoms with E-state index in [1.54, 1.807) is 6.08 Å². The number of hydrogen-bond donors (Lipinski definition) is 5. The second-order valence-electron chi connectivity index (χ2n) is 6.53. The van der Waals surface area contributed by atoms with Gasteiger partial charge in [-0.2, -0.15) is 0 Å². The Morgan fingerprint density at radius 2 is 2.00 bits per heavy atom. The molecule has 0 saturated carbocycles. The molecule has 0 amide bonds. The molecule has 1 aliphatic rings. The van der Waals surface area contributed by atoms with E-state index in [4.69, 9.17) is 21.7 Å². The molecular weight excluding hydrogens is 304 g/mol. The van der Waals surface area contributed by atoms with E-state index < -0.39 is 11.8 Å². The SMILES string of the molecule is CN(C)c1ccccc1NCC1C=C(N)C=CC1(N)CCC(O)O. The molecule has 24 heavy (non-hydrogen) atoms. The third kappa shape index (κ3) is 4.50. The minimum atomic E-state index is -1.36. The van der Waals surface area contributed by atoms with Crippen LogP contribution in [0.4, 0.5) is 11.4 Å². The lowest BCUT2D eigenvalue weighted by atomic mass is 9.77. The van der Waals surface area contributed by atoms with E-state index in [1.165, 1.54) is 0 Å². The monoisotopic (exact) mass is 332 g/mol. The maximum atomic E-state index is 9.16. The summed E-state index contributed by atoms with van der Waals surface area (Å²) in [5.41, 5.74) is 14.6. The molecule has 0 bridgehead atoms.